The Morgan fingerprint density at radius 2 is 1.40 bits per heavy atom. The highest BCUT2D eigenvalue weighted by Gasteiger charge is 2.39. The molecule has 0 N–H and O–H groups in total. The van der Waals surface area contributed by atoms with Crippen LogP contribution in [0.1, 0.15) is 38.2 Å². The summed E-state index contributed by atoms with van der Waals surface area (Å²) >= 11 is 0. The van der Waals surface area contributed by atoms with E-state index < -0.39 is 41.0 Å². The molecule has 2 aliphatic heterocycles. The number of amides is 1. The minimum absolute atomic E-state index is 0. The van der Waals surface area contributed by atoms with Crippen molar-refractivity contribution in [1.29, 1.82) is 0 Å². The zero-order valence-corrected chi connectivity index (χ0v) is 25.6. The first-order valence-electron chi connectivity index (χ1n) is 13.7. The highest BCUT2D eigenvalue weighted by Crippen LogP contribution is 2.37. The van der Waals surface area contributed by atoms with Gasteiger partial charge >= 0.3 is 12.4 Å². The molecule has 0 saturated carbocycles. The number of nitrogens with zero attached hydrogens (tertiary/aromatic N) is 3. The van der Waals surface area contributed by atoms with E-state index in [2.05, 4.69) is 22.0 Å². The van der Waals surface area contributed by atoms with Crippen LogP contribution in [0.15, 0.2) is 48.6 Å². The second-order valence-electron chi connectivity index (χ2n) is 10.7. The number of rotatable bonds is 7. The summed E-state index contributed by atoms with van der Waals surface area (Å²) in [7, 11) is 0. The number of morpholine rings is 1. The van der Waals surface area contributed by atoms with Gasteiger partial charge in [0.25, 0.3) is 5.91 Å². The van der Waals surface area contributed by atoms with Crippen LogP contribution in [-0.2, 0) is 23.5 Å². The maximum atomic E-state index is 13.6. The monoisotopic (exact) mass is 655 g/mol. The minimum atomic E-state index is -5.03. The lowest BCUT2D eigenvalue weighted by atomic mass is 9.97. The summed E-state index contributed by atoms with van der Waals surface area (Å²) in [6, 6.07) is 6.56. The maximum absolute atomic E-state index is 13.6. The van der Waals surface area contributed by atoms with Gasteiger partial charge in [-0.3, -0.25) is 14.6 Å². The third kappa shape index (κ3) is 10.1. The molecule has 2 aromatic carbocycles. The first-order valence-corrected chi connectivity index (χ1v) is 13.7. The molecule has 0 aliphatic carbocycles. The van der Waals surface area contributed by atoms with E-state index in [1.165, 1.54) is 4.90 Å². The topological polar surface area (TPSA) is 36.0 Å². The standard InChI is InChI=1S/C30H35F6N3O2.2ClH/c1-21-5-6-23(15-22(21)2)16-27-20-38(8-4-3-7-37-11-13-41-14-12-37)9-10-39(27)28(40)24-17-25(29(31,32)33)19-26(18-24)30(34,35)36;;/h3-6,15,17-19,27H,7-14,16,20H2,1-2H3;2*1H/b4-3-;;/t27-;;/m1../s1. The first-order chi connectivity index (χ1) is 19.3. The SMILES string of the molecule is Cc1ccc(C[C@@H]2CN(C/C=C\CN3CCOCC3)CCN2C(=O)c2cc(C(F)(F)F)cc(C(F)(F)F)c2)cc1C.Cl.Cl. The molecule has 0 bridgehead atoms. The molecule has 13 heteroatoms. The van der Waals surface area contributed by atoms with E-state index >= 15 is 0 Å². The number of carbonyl (C=O) groups is 1. The Kier molecular flexibility index (Phi) is 13.4. The van der Waals surface area contributed by atoms with Crippen molar-refractivity contribution in [2.45, 2.75) is 38.7 Å². The molecule has 2 aliphatic rings. The zero-order valence-electron chi connectivity index (χ0n) is 24.0. The lowest BCUT2D eigenvalue weighted by molar-refractivity contribution is -0.143. The van der Waals surface area contributed by atoms with Gasteiger partial charge in [-0.05, 0) is 55.2 Å². The summed E-state index contributed by atoms with van der Waals surface area (Å²) in [6.07, 6.45) is -5.49. The van der Waals surface area contributed by atoms with Crippen LogP contribution in [0, 0.1) is 13.8 Å². The van der Waals surface area contributed by atoms with Crippen LogP contribution in [0.4, 0.5) is 26.3 Å². The fraction of sp³-hybridized carbons (Fsp3) is 0.500. The molecule has 5 nitrogen and oxygen atoms in total. The summed E-state index contributed by atoms with van der Waals surface area (Å²) in [5.74, 6) is -0.835. The molecule has 4 rings (SSSR count). The lowest BCUT2D eigenvalue weighted by Gasteiger charge is -2.41. The van der Waals surface area contributed by atoms with E-state index in [1.54, 1.807) is 0 Å². The van der Waals surface area contributed by atoms with Gasteiger partial charge in [-0.1, -0.05) is 30.4 Å². The molecule has 0 spiro atoms. The second kappa shape index (κ2) is 15.6. The molecule has 2 heterocycles. The maximum Gasteiger partial charge on any atom is 0.416 e. The number of carbonyl (C=O) groups excluding carboxylic acids is 1. The molecule has 0 radical (unpaired) electrons. The highest BCUT2D eigenvalue weighted by molar-refractivity contribution is 5.95. The molecule has 0 unspecified atom stereocenters. The van der Waals surface area contributed by atoms with Crippen molar-refractivity contribution in [3.05, 3.63) is 81.9 Å². The summed E-state index contributed by atoms with van der Waals surface area (Å²) < 4.78 is 86.2. The van der Waals surface area contributed by atoms with Gasteiger partial charge in [0.15, 0.2) is 0 Å². The number of hydrogen-bond donors (Lipinski definition) is 0. The molecule has 2 saturated heterocycles. The Balaban J connectivity index is 0.00000323. The summed E-state index contributed by atoms with van der Waals surface area (Å²) in [5.41, 5.74) is -0.500. The zero-order chi connectivity index (χ0) is 29.8. The molecule has 1 atom stereocenters. The minimum Gasteiger partial charge on any atom is -0.379 e. The third-order valence-electron chi connectivity index (χ3n) is 7.70. The van der Waals surface area contributed by atoms with E-state index in [0.29, 0.717) is 51.4 Å². The van der Waals surface area contributed by atoms with Crippen LogP contribution in [0.3, 0.4) is 0 Å². The molecule has 2 aromatic rings. The smallest absolute Gasteiger partial charge is 0.379 e. The fourth-order valence-corrected chi connectivity index (χ4v) is 5.21. The number of hydrogen-bond acceptors (Lipinski definition) is 4. The van der Waals surface area contributed by atoms with Gasteiger partial charge in [-0.25, -0.2) is 0 Å². The molecule has 43 heavy (non-hydrogen) atoms. The predicted octanol–water partition coefficient (Wildman–Crippen LogP) is 6.44. The first kappa shape index (κ1) is 36.9. The van der Waals surface area contributed by atoms with Crippen LogP contribution >= 0.6 is 24.8 Å². The van der Waals surface area contributed by atoms with Crippen molar-refractivity contribution in [1.82, 2.24) is 14.7 Å². The van der Waals surface area contributed by atoms with Crippen LogP contribution in [0.25, 0.3) is 0 Å². The molecular formula is C30H37Cl2F6N3O2. The normalized spacial score (nSPS) is 18.8. The van der Waals surface area contributed by atoms with Crippen molar-refractivity contribution >= 4 is 30.7 Å². The Bertz CT molecular complexity index is 1220. The number of piperazine rings is 1. The number of benzene rings is 2. The number of aryl methyl sites for hydroxylation is 2. The Morgan fingerprint density at radius 1 is 0.814 bits per heavy atom. The molecule has 1 amide bonds. The lowest BCUT2D eigenvalue weighted by Crippen LogP contribution is -2.56. The Morgan fingerprint density at radius 3 is 1.95 bits per heavy atom. The third-order valence-corrected chi connectivity index (χ3v) is 7.70. The van der Waals surface area contributed by atoms with Gasteiger partial charge < -0.3 is 9.64 Å². The molecule has 240 valence electrons. The quantitative estimate of drug-likeness (QED) is 0.254. The van der Waals surface area contributed by atoms with Crippen LogP contribution in [0.5, 0.6) is 0 Å². The van der Waals surface area contributed by atoms with Crippen molar-refractivity contribution in [3.8, 4) is 0 Å². The van der Waals surface area contributed by atoms with E-state index in [0.717, 1.165) is 36.3 Å². The molecular weight excluding hydrogens is 619 g/mol. The van der Waals surface area contributed by atoms with Crippen LogP contribution < -0.4 is 0 Å². The van der Waals surface area contributed by atoms with E-state index in [9.17, 15) is 31.1 Å². The summed E-state index contributed by atoms with van der Waals surface area (Å²) in [6.45, 7) is 9.59. The van der Waals surface area contributed by atoms with Crippen molar-refractivity contribution < 1.29 is 35.9 Å². The number of alkyl halides is 6. The number of ether oxygens (including phenoxy) is 1. The molecule has 0 aromatic heterocycles. The van der Waals surface area contributed by atoms with Gasteiger partial charge in [0.05, 0.1) is 24.3 Å². The van der Waals surface area contributed by atoms with E-state index in [-0.39, 0.29) is 37.4 Å². The van der Waals surface area contributed by atoms with E-state index in [1.807, 2.05) is 32.0 Å². The Hall–Kier alpha value is -2.31. The Labute approximate surface area is 260 Å². The van der Waals surface area contributed by atoms with Crippen molar-refractivity contribution in [3.63, 3.8) is 0 Å². The van der Waals surface area contributed by atoms with Crippen LogP contribution in [-0.4, -0.2) is 85.7 Å². The fourth-order valence-electron chi connectivity index (χ4n) is 5.21. The average Bonchev–Trinajstić information content (AvgIpc) is 2.92. The summed E-state index contributed by atoms with van der Waals surface area (Å²) in [5, 5.41) is 0. The number of halogens is 8. The van der Waals surface area contributed by atoms with E-state index in [4.69, 9.17) is 4.74 Å². The van der Waals surface area contributed by atoms with Crippen molar-refractivity contribution in [2.75, 3.05) is 59.0 Å². The highest BCUT2D eigenvalue weighted by atomic mass is 35.5. The predicted molar refractivity (Wildman–Crippen MR) is 158 cm³/mol. The van der Waals surface area contributed by atoms with Gasteiger partial charge in [0.2, 0.25) is 0 Å². The van der Waals surface area contributed by atoms with Crippen LogP contribution in [0.2, 0.25) is 0 Å². The average molecular weight is 657 g/mol. The van der Waals surface area contributed by atoms with Gasteiger partial charge in [0, 0.05) is 57.4 Å². The summed E-state index contributed by atoms with van der Waals surface area (Å²) in [4.78, 5) is 19.4. The van der Waals surface area contributed by atoms with Gasteiger partial charge in [-0.15, -0.1) is 24.8 Å². The van der Waals surface area contributed by atoms with Crippen molar-refractivity contribution in [2.24, 2.45) is 0 Å². The van der Waals surface area contributed by atoms with Gasteiger partial charge in [-0.2, -0.15) is 26.3 Å². The second-order valence-corrected chi connectivity index (χ2v) is 10.7. The largest absolute Gasteiger partial charge is 0.416 e. The van der Waals surface area contributed by atoms with Gasteiger partial charge in [0.1, 0.15) is 0 Å². The molecule has 2 fully saturated rings.